The molecule has 1 aliphatic heterocycles. The summed E-state index contributed by atoms with van der Waals surface area (Å²) < 4.78 is 5.33. The molecule has 1 aromatic rings. The number of nitrogens with zero attached hydrogens (tertiary/aromatic N) is 2. The Morgan fingerprint density at radius 2 is 1.75 bits per heavy atom. The lowest BCUT2D eigenvalue weighted by molar-refractivity contribution is -0.143. The number of ketones is 1. The molecule has 4 amide bonds. The van der Waals surface area contributed by atoms with Crippen LogP contribution in [0, 0.1) is 0 Å². The molecule has 0 radical (unpaired) electrons. The van der Waals surface area contributed by atoms with Gasteiger partial charge >= 0.3 is 17.8 Å². The summed E-state index contributed by atoms with van der Waals surface area (Å²) in [5.74, 6) is -1.58. The number of carbonyl (C=O) groups is 4. The molecule has 1 heterocycles. The number of rotatable bonds is 8. The zero-order chi connectivity index (χ0) is 20.1. The standard InChI is InChI=1S/C21H24N2O5/c1-2-28-17-10-8-16(9-11-17)18(24)14-23-20(26)19(25)22(21(23)27)13-12-15-6-4-3-5-7-15/h6,8-11H,2-5,7,12-14H2,1H3. The molecule has 2 aliphatic rings. The van der Waals surface area contributed by atoms with Crippen LogP contribution in [-0.4, -0.2) is 53.1 Å². The van der Waals surface area contributed by atoms with Crippen molar-refractivity contribution in [2.24, 2.45) is 0 Å². The highest BCUT2D eigenvalue weighted by molar-refractivity contribution is 6.45. The maximum atomic E-state index is 12.5. The van der Waals surface area contributed by atoms with Gasteiger partial charge in [0.15, 0.2) is 5.78 Å². The molecule has 1 aromatic carbocycles. The summed E-state index contributed by atoms with van der Waals surface area (Å²) in [7, 11) is 0. The number of hydrogen-bond donors (Lipinski definition) is 0. The topological polar surface area (TPSA) is 84.0 Å². The number of amides is 4. The van der Waals surface area contributed by atoms with Gasteiger partial charge in [-0.2, -0.15) is 0 Å². The maximum absolute atomic E-state index is 12.5. The van der Waals surface area contributed by atoms with Gasteiger partial charge < -0.3 is 4.74 Å². The molecule has 0 N–H and O–H groups in total. The molecule has 1 fully saturated rings. The van der Waals surface area contributed by atoms with Crippen LogP contribution in [0.15, 0.2) is 35.9 Å². The fourth-order valence-corrected chi connectivity index (χ4v) is 3.41. The lowest BCUT2D eigenvalue weighted by Gasteiger charge is -2.17. The van der Waals surface area contributed by atoms with Gasteiger partial charge in [-0.1, -0.05) is 11.6 Å². The van der Waals surface area contributed by atoms with E-state index in [9.17, 15) is 19.2 Å². The number of urea groups is 1. The van der Waals surface area contributed by atoms with Gasteiger partial charge in [-0.05, 0) is 63.3 Å². The van der Waals surface area contributed by atoms with E-state index in [1.165, 1.54) is 5.57 Å². The Kier molecular flexibility index (Phi) is 6.23. The summed E-state index contributed by atoms with van der Waals surface area (Å²) in [5, 5.41) is 0. The number of hydrogen-bond acceptors (Lipinski definition) is 5. The normalized spacial score (nSPS) is 17.2. The van der Waals surface area contributed by atoms with Crippen LogP contribution in [0.5, 0.6) is 5.75 Å². The smallest absolute Gasteiger partial charge is 0.334 e. The Hall–Kier alpha value is -2.96. The predicted octanol–water partition coefficient (Wildman–Crippen LogP) is 2.95. The molecular formula is C21H24N2O5. The third-order valence-electron chi connectivity index (χ3n) is 4.97. The second-order valence-corrected chi connectivity index (χ2v) is 6.87. The van der Waals surface area contributed by atoms with Gasteiger partial charge in [-0.15, -0.1) is 0 Å². The van der Waals surface area contributed by atoms with E-state index in [4.69, 9.17) is 4.74 Å². The van der Waals surface area contributed by atoms with Crippen molar-refractivity contribution in [2.45, 2.75) is 39.0 Å². The molecule has 7 nitrogen and oxygen atoms in total. The Balaban J connectivity index is 1.62. The fourth-order valence-electron chi connectivity index (χ4n) is 3.41. The summed E-state index contributed by atoms with van der Waals surface area (Å²) >= 11 is 0. The van der Waals surface area contributed by atoms with E-state index in [0.717, 1.165) is 35.5 Å². The molecule has 7 heteroatoms. The summed E-state index contributed by atoms with van der Waals surface area (Å²) in [4.78, 5) is 51.1. The largest absolute Gasteiger partial charge is 0.494 e. The van der Waals surface area contributed by atoms with E-state index in [1.54, 1.807) is 24.3 Å². The van der Waals surface area contributed by atoms with Crippen LogP contribution in [0.25, 0.3) is 0 Å². The molecule has 1 saturated heterocycles. The van der Waals surface area contributed by atoms with Gasteiger partial charge in [0.2, 0.25) is 0 Å². The molecule has 3 rings (SSSR count). The zero-order valence-corrected chi connectivity index (χ0v) is 16.0. The highest BCUT2D eigenvalue weighted by Crippen LogP contribution is 2.22. The van der Waals surface area contributed by atoms with Crippen LogP contribution >= 0.6 is 0 Å². The van der Waals surface area contributed by atoms with E-state index in [1.807, 2.05) is 6.92 Å². The zero-order valence-electron chi connectivity index (χ0n) is 16.0. The number of ether oxygens (including phenoxy) is 1. The van der Waals surface area contributed by atoms with Crippen molar-refractivity contribution >= 4 is 23.6 Å². The number of allylic oxidation sites excluding steroid dienone is 1. The van der Waals surface area contributed by atoms with E-state index < -0.39 is 30.2 Å². The third kappa shape index (κ3) is 4.30. The Morgan fingerprint density at radius 3 is 2.39 bits per heavy atom. The highest BCUT2D eigenvalue weighted by atomic mass is 16.5. The first-order valence-electron chi connectivity index (χ1n) is 9.62. The van der Waals surface area contributed by atoms with E-state index in [0.29, 0.717) is 24.3 Å². The molecule has 0 aromatic heterocycles. The van der Waals surface area contributed by atoms with Crippen LogP contribution in [0.2, 0.25) is 0 Å². The first-order chi connectivity index (χ1) is 13.5. The van der Waals surface area contributed by atoms with Gasteiger partial charge in [0.25, 0.3) is 0 Å². The molecule has 0 spiro atoms. The third-order valence-corrected chi connectivity index (χ3v) is 4.97. The Morgan fingerprint density at radius 1 is 1.04 bits per heavy atom. The molecule has 0 saturated carbocycles. The van der Waals surface area contributed by atoms with Crippen molar-refractivity contribution in [3.05, 3.63) is 41.5 Å². The molecule has 148 valence electrons. The SMILES string of the molecule is CCOc1ccc(C(=O)CN2C(=O)C(=O)N(CCC3=CCCCC3)C2=O)cc1. The first kappa shape index (κ1) is 19.8. The second-order valence-electron chi connectivity index (χ2n) is 6.87. The van der Waals surface area contributed by atoms with Crippen molar-refractivity contribution in [1.82, 2.24) is 9.80 Å². The van der Waals surface area contributed by atoms with E-state index in [-0.39, 0.29) is 6.54 Å². The average Bonchev–Trinajstić information content (AvgIpc) is 2.91. The Labute approximate surface area is 163 Å². The maximum Gasteiger partial charge on any atom is 0.334 e. The average molecular weight is 384 g/mol. The predicted molar refractivity (Wildman–Crippen MR) is 102 cm³/mol. The minimum absolute atomic E-state index is 0.170. The fraction of sp³-hybridized carbons (Fsp3) is 0.429. The van der Waals surface area contributed by atoms with Crippen LogP contribution in [-0.2, 0) is 9.59 Å². The highest BCUT2D eigenvalue weighted by Gasteiger charge is 2.44. The monoisotopic (exact) mass is 384 g/mol. The lowest BCUT2D eigenvalue weighted by Crippen LogP contribution is -2.37. The van der Waals surface area contributed by atoms with Crippen LogP contribution in [0.4, 0.5) is 4.79 Å². The number of imide groups is 2. The Bertz CT molecular complexity index is 813. The van der Waals surface area contributed by atoms with Gasteiger partial charge in [0.1, 0.15) is 5.75 Å². The summed E-state index contributed by atoms with van der Waals surface area (Å²) in [6.45, 7) is 2.09. The molecule has 1 aliphatic carbocycles. The molecule has 0 atom stereocenters. The minimum Gasteiger partial charge on any atom is -0.494 e. The number of carbonyl (C=O) groups excluding carboxylic acids is 4. The number of benzene rings is 1. The molecule has 0 unspecified atom stereocenters. The quantitative estimate of drug-likeness (QED) is 0.298. The van der Waals surface area contributed by atoms with Crippen LogP contribution < -0.4 is 4.74 Å². The van der Waals surface area contributed by atoms with Crippen molar-refractivity contribution in [1.29, 1.82) is 0 Å². The molecular weight excluding hydrogens is 360 g/mol. The summed E-state index contributed by atoms with van der Waals surface area (Å²) in [6.07, 6.45) is 6.96. The van der Waals surface area contributed by atoms with Gasteiger partial charge in [-0.3, -0.25) is 19.3 Å². The lowest BCUT2D eigenvalue weighted by atomic mass is 9.97. The van der Waals surface area contributed by atoms with Crippen LogP contribution in [0.3, 0.4) is 0 Å². The van der Waals surface area contributed by atoms with E-state index in [2.05, 4.69) is 6.08 Å². The second kappa shape index (κ2) is 8.82. The van der Waals surface area contributed by atoms with Gasteiger partial charge in [0.05, 0.1) is 13.2 Å². The first-order valence-corrected chi connectivity index (χ1v) is 9.62. The van der Waals surface area contributed by atoms with Gasteiger partial charge in [-0.25, -0.2) is 9.69 Å². The molecule has 0 bridgehead atoms. The minimum atomic E-state index is -0.943. The van der Waals surface area contributed by atoms with Crippen molar-refractivity contribution < 1.29 is 23.9 Å². The van der Waals surface area contributed by atoms with Crippen molar-refractivity contribution in [3.63, 3.8) is 0 Å². The molecule has 28 heavy (non-hydrogen) atoms. The van der Waals surface area contributed by atoms with Crippen molar-refractivity contribution in [2.75, 3.05) is 19.7 Å². The summed E-state index contributed by atoms with van der Waals surface area (Å²) in [6, 6.07) is 5.74. The van der Waals surface area contributed by atoms with E-state index >= 15 is 0 Å². The van der Waals surface area contributed by atoms with Gasteiger partial charge in [0, 0.05) is 12.1 Å². The number of Topliss-reactive ketones (excluding diaryl/α,β-unsaturated/α-hetero) is 1. The van der Waals surface area contributed by atoms with Crippen LogP contribution in [0.1, 0.15) is 49.4 Å². The van der Waals surface area contributed by atoms with Crippen molar-refractivity contribution in [3.8, 4) is 5.75 Å². The summed E-state index contributed by atoms with van der Waals surface area (Å²) in [5.41, 5.74) is 1.56.